The number of pyridine rings is 1. The van der Waals surface area contributed by atoms with Gasteiger partial charge in [0.15, 0.2) is 10.8 Å². The first-order valence-electron chi connectivity index (χ1n) is 7.54. The number of aromatic amines is 1. The normalized spacial score (nSPS) is 11.0. The van der Waals surface area contributed by atoms with Crippen molar-refractivity contribution in [3.63, 3.8) is 0 Å². The van der Waals surface area contributed by atoms with Gasteiger partial charge in [0.2, 0.25) is 0 Å². The molecule has 7 nitrogen and oxygen atoms in total. The van der Waals surface area contributed by atoms with Crippen molar-refractivity contribution in [1.82, 2.24) is 14.5 Å². The maximum atomic E-state index is 12.1. The summed E-state index contributed by atoms with van der Waals surface area (Å²) in [5.41, 5.74) is 6.74. The van der Waals surface area contributed by atoms with Crippen LogP contribution in [0.15, 0.2) is 29.1 Å². The number of nitrogens with zero attached hydrogens (tertiary/aromatic N) is 2. The zero-order chi connectivity index (χ0) is 18.8. The van der Waals surface area contributed by atoms with E-state index in [0.717, 1.165) is 11.0 Å². The van der Waals surface area contributed by atoms with E-state index in [0.29, 0.717) is 13.0 Å². The summed E-state index contributed by atoms with van der Waals surface area (Å²) in [6.45, 7) is 0.434. The second kappa shape index (κ2) is 7.57. The molecule has 2 heterocycles. The van der Waals surface area contributed by atoms with Crippen molar-refractivity contribution in [1.29, 1.82) is 0 Å². The van der Waals surface area contributed by atoms with Crippen LogP contribution in [0.4, 0.5) is 5.69 Å². The Morgan fingerprint density at radius 2 is 1.96 bits per heavy atom. The number of esters is 1. The third kappa shape index (κ3) is 3.51. The molecule has 3 aromatic rings. The topological polar surface area (TPSA) is 103 Å². The molecule has 136 valence electrons. The first-order chi connectivity index (χ1) is 12.4. The summed E-state index contributed by atoms with van der Waals surface area (Å²) in [7, 11) is 0. The number of aryl methyl sites for hydroxylation is 1. The molecule has 0 spiro atoms. The molecular weight excluding hydrogens is 403 g/mol. The zero-order valence-corrected chi connectivity index (χ0v) is 15.5. The van der Waals surface area contributed by atoms with Gasteiger partial charge in [0, 0.05) is 6.54 Å². The number of carbonyl (C=O) groups excluding carboxylic acids is 1. The van der Waals surface area contributed by atoms with Crippen molar-refractivity contribution < 1.29 is 9.53 Å². The number of imidazole rings is 1. The fraction of sp³-hybridized carbons (Fsp3) is 0.188. The Morgan fingerprint density at radius 3 is 2.73 bits per heavy atom. The van der Waals surface area contributed by atoms with Gasteiger partial charge in [-0.3, -0.25) is 4.57 Å². The van der Waals surface area contributed by atoms with E-state index < -0.39 is 5.97 Å². The molecule has 0 bridgehead atoms. The number of nitrogen functional groups attached to an aromatic ring is 1. The molecule has 0 saturated heterocycles. The molecule has 0 atom stereocenters. The van der Waals surface area contributed by atoms with Crippen molar-refractivity contribution in [2.45, 2.75) is 13.0 Å². The zero-order valence-electron chi connectivity index (χ0n) is 13.3. The van der Waals surface area contributed by atoms with E-state index in [9.17, 15) is 9.59 Å². The first kappa shape index (κ1) is 18.6. The highest BCUT2D eigenvalue weighted by Gasteiger charge is 2.20. The Bertz CT molecular complexity index is 1050. The molecular formula is C16H13Cl3N4O3. The molecule has 0 fully saturated rings. The van der Waals surface area contributed by atoms with Crippen molar-refractivity contribution in [2.24, 2.45) is 0 Å². The van der Waals surface area contributed by atoms with Crippen LogP contribution in [0.1, 0.15) is 16.9 Å². The van der Waals surface area contributed by atoms with Crippen LogP contribution < -0.4 is 11.4 Å². The highest BCUT2D eigenvalue weighted by atomic mass is 35.5. The lowest BCUT2D eigenvalue weighted by Gasteiger charge is -2.09. The Labute approximate surface area is 162 Å². The van der Waals surface area contributed by atoms with Crippen LogP contribution >= 0.6 is 34.8 Å². The number of nitrogens with one attached hydrogen (secondary N) is 1. The van der Waals surface area contributed by atoms with E-state index in [1.807, 2.05) is 24.3 Å². The van der Waals surface area contributed by atoms with E-state index in [1.165, 1.54) is 0 Å². The largest absolute Gasteiger partial charge is 0.461 e. The average molecular weight is 416 g/mol. The second-order valence-corrected chi connectivity index (χ2v) is 6.50. The van der Waals surface area contributed by atoms with Crippen LogP contribution in [0, 0.1) is 0 Å². The Hall–Kier alpha value is -2.22. The summed E-state index contributed by atoms with van der Waals surface area (Å²) in [6, 6.07) is 7.33. The summed E-state index contributed by atoms with van der Waals surface area (Å²) in [4.78, 5) is 30.7. The van der Waals surface area contributed by atoms with Crippen molar-refractivity contribution in [3.8, 4) is 0 Å². The number of fused-ring (bicyclic) bond motifs is 1. The fourth-order valence-corrected chi connectivity index (χ4v) is 3.04. The van der Waals surface area contributed by atoms with Gasteiger partial charge in [-0.15, -0.1) is 0 Å². The van der Waals surface area contributed by atoms with Crippen LogP contribution in [-0.2, 0) is 11.3 Å². The monoisotopic (exact) mass is 414 g/mol. The van der Waals surface area contributed by atoms with Crippen LogP contribution in [0.3, 0.4) is 0 Å². The van der Waals surface area contributed by atoms with Crippen LogP contribution in [0.25, 0.3) is 11.0 Å². The maximum absolute atomic E-state index is 12.1. The highest BCUT2D eigenvalue weighted by Crippen LogP contribution is 2.34. The van der Waals surface area contributed by atoms with Gasteiger partial charge in [0.1, 0.15) is 5.02 Å². The maximum Gasteiger partial charge on any atom is 0.358 e. The number of hydrogen-bond donors (Lipinski definition) is 2. The highest BCUT2D eigenvalue weighted by molar-refractivity contribution is 6.46. The van der Waals surface area contributed by atoms with Crippen molar-refractivity contribution in [2.75, 3.05) is 12.3 Å². The molecule has 1 aromatic carbocycles. The van der Waals surface area contributed by atoms with Crippen LogP contribution in [0.2, 0.25) is 15.2 Å². The predicted octanol–water partition coefficient (Wildman–Crippen LogP) is 3.51. The van der Waals surface area contributed by atoms with Gasteiger partial charge in [0.25, 0.3) is 0 Å². The van der Waals surface area contributed by atoms with Gasteiger partial charge in [-0.25, -0.2) is 14.6 Å². The van der Waals surface area contributed by atoms with Crippen LogP contribution in [-0.4, -0.2) is 27.1 Å². The number of para-hydroxylation sites is 2. The molecule has 0 saturated carbocycles. The second-order valence-electron chi connectivity index (χ2n) is 5.38. The van der Waals surface area contributed by atoms with E-state index in [2.05, 4.69) is 9.97 Å². The van der Waals surface area contributed by atoms with Gasteiger partial charge in [-0.1, -0.05) is 46.9 Å². The number of aromatic nitrogens is 3. The van der Waals surface area contributed by atoms with E-state index in [1.54, 1.807) is 4.57 Å². The van der Waals surface area contributed by atoms with Crippen molar-refractivity contribution >= 4 is 57.5 Å². The third-order valence-corrected chi connectivity index (χ3v) is 4.84. The van der Waals surface area contributed by atoms with Gasteiger partial charge >= 0.3 is 11.7 Å². The van der Waals surface area contributed by atoms with E-state index >= 15 is 0 Å². The Balaban J connectivity index is 1.64. The Kier molecular flexibility index (Phi) is 5.41. The molecule has 3 N–H and O–H groups in total. The quantitative estimate of drug-likeness (QED) is 0.377. The van der Waals surface area contributed by atoms with Gasteiger partial charge in [0.05, 0.1) is 28.4 Å². The summed E-state index contributed by atoms with van der Waals surface area (Å²) in [5, 5.41) is -0.268. The minimum Gasteiger partial charge on any atom is -0.461 e. The summed E-state index contributed by atoms with van der Waals surface area (Å²) >= 11 is 17.6. The third-order valence-electron chi connectivity index (χ3n) is 3.71. The SMILES string of the molecule is Nc1c(Cl)c(Cl)nc(C(=O)OCCCn2c(=O)[nH]c3ccccc32)c1Cl. The molecule has 26 heavy (non-hydrogen) atoms. The van der Waals surface area contributed by atoms with E-state index in [4.69, 9.17) is 45.3 Å². The summed E-state index contributed by atoms with van der Waals surface area (Å²) < 4.78 is 6.72. The number of anilines is 1. The molecule has 10 heteroatoms. The van der Waals surface area contributed by atoms with Gasteiger partial charge in [-0.2, -0.15) is 0 Å². The number of halogens is 3. The average Bonchev–Trinajstić information content (AvgIpc) is 2.95. The first-order valence-corrected chi connectivity index (χ1v) is 8.68. The smallest absolute Gasteiger partial charge is 0.358 e. The number of H-pyrrole nitrogens is 1. The molecule has 0 aliphatic rings. The minimum absolute atomic E-state index is 0.0214. The van der Waals surface area contributed by atoms with Crippen molar-refractivity contribution in [3.05, 3.63) is 55.6 Å². The lowest BCUT2D eigenvalue weighted by Crippen LogP contribution is -2.18. The minimum atomic E-state index is -0.772. The standard InChI is InChI=1S/C16H13Cl3N4O3/c17-10-12(20)11(18)14(19)22-13(10)15(24)26-7-3-6-23-9-5-2-1-4-8(9)21-16(23)25/h1-2,4-5H,3,6-7H2,(H2,20,22)(H,21,25). The number of ether oxygens (including phenoxy) is 1. The molecule has 2 aromatic heterocycles. The fourth-order valence-electron chi connectivity index (χ4n) is 2.45. The number of carbonyl (C=O) groups is 1. The number of rotatable bonds is 5. The van der Waals surface area contributed by atoms with E-state index in [-0.39, 0.29) is 38.9 Å². The molecule has 0 aliphatic carbocycles. The molecule has 0 aliphatic heterocycles. The van der Waals surface area contributed by atoms with Gasteiger partial charge < -0.3 is 15.5 Å². The Morgan fingerprint density at radius 1 is 1.23 bits per heavy atom. The molecule has 0 amide bonds. The number of nitrogens with two attached hydrogens (primary N) is 1. The molecule has 3 rings (SSSR count). The lowest BCUT2D eigenvalue weighted by atomic mass is 10.3. The lowest BCUT2D eigenvalue weighted by molar-refractivity contribution is 0.0489. The summed E-state index contributed by atoms with van der Waals surface area (Å²) in [5.74, 6) is -0.772. The summed E-state index contributed by atoms with van der Waals surface area (Å²) in [6.07, 6.45) is 0.419. The van der Waals surface area contributed by atoms with Crippen LogP contribution in [0.5, 0.6) is 0 Å². The van der Waals surface area contributed by atoms with Gasteiger partial charge in [-0.05, 0) is 18.6 Å². The molecule has 0 radical (unpaired) electrons. The molecule has 0 unspecified atom stereocenters. The predicted molar refractivity (Wildman–Crippen MR) is 101 cm³/mol. The number of hydrogen-bond acceptors (Lipinski definition) is 5. The number of benzene rings is 1.